The average Bonchev–Trinajstić information content (AvgIpc) is 2.26. The van der Waals surface area contributed by atoms with Crippen LogP contribution in [0.25, 0.3) is 0 Å². The van der Waals surface area contributed by atoms with Crippen LogP contribution in [0.1, 0.15) is 40.5 Å². The average molecular weight is 268 g/mol. The SMILES string of the molecule is CC(C)N1CC(N2CCC(C(=O)O)(C(C)C)CC2)C1. The molecule has 0 atom stereocenters. The van der Waals surface area contributed by atoms with Gasteiger partial charge in [0.2, 0.25) is 0 Å². The maximum Gasteiger partial charge on any atom is 0.309 e. The number of rotatable bonds is 4. The Balaban J connectivity index is 1.88. The largest absolute Gasteiger partial charge is 0.481 e. The number of carboxylic acid groups (broad SMARTS) is 1. The van der Waals surface area contributed by atoms with Gasteiger partial charge in [-0.3, -0.25) is 14.6 Å². The molecule has 1 N–H and O–H groups in total. The highest BCUT2D eigenvalue weighted by atomic mass is 16.4. The van der Waals surface area contributed by atoms with Crippen molar-refractivity contribution >= 4 is 5.97 Å². The Hall–Kier alpha value is -0.610. The van der Waals surface area contributed by atoms with Crippen LogP contribution in [0.15, 0.2) is 0 Å². The first-order valence-electron chi connectivity index (χ1n) is 7.58. The molecule has 0 radical (unpaired) electrons. The summed E-state index contributed by atoms with van der Waals surface area (Å²) in [5, 5.41) is 9.54. The molecule has 19 heavy (non-hydrogen) atoms. The van der Waals surface area contributed by atoms with Gasteiger partial charge in [0.25, 0.3) is 0 Å². The van der Waals surface area contributed by atoms with Crippen molar-refractivity contribution in [3.8, 4) is 0 Å². The molecule has 2 aliphatic rings. The molecule has 110 valence electrons. The number of hydrogen-bond acceptors (Lipinski definition) is 3. The lowest BCUT2D eigenvalue weighted by Crippen LogP contribution is -2.63. The number of nitrogens with zero attached hydrogens (tertiary/aromatic N) is 2. The Morgan fingerprint density at radius 3 is 2.05 bits per heavy atom. The zero-order chi connectivity index (χ0) is 14.2. The van der Waals surface area contributed by atoms with Gasteiger partial charge in [-0.25, -0.2) is 0 Å². The van der Waals surface area contributed by atoms with E-state index in [1.807, 2.05) is 13.8 Å². The predicted octanol–water partition coefficient (Wildman–Crippen LogP) is 1.90. The van der Waals surface area contributed by atoms with Crippen LogP contribution in [-0.2, 0) is 4.79 Å². The van der Waals surface area contributed by atoms with Crippen LogP contribution >= 0.6 is 0 Å². The lowest BCUT2D eigenvalue weighted by Gasteiger charge is -2.51. The van der Waals surface area contributed by atoms with Crippen LogP contribution in [0, 0.1) is 11.3 Å². The molecule has 2 aliphatic heterocycles. The van der Waals surface area contributed by atoms with Gasteiger partial charge in [-0.15, -0.1) is 0 Å². The minimum Gasteiger partial charge on any atom is -0.481 e. The minimum absolute atomic E-state index is 0.223. The first kappa shape index (κ1) is 14.8. The zero-order valence-corrected chi connectivity index (χ0v) is 12.7. The van der Waals surface area contributed by atoms with E-state index in [2.05, 4.69) is 23.6 Å². The van der Waals surface area contributed by atoms with E-state index in [1.165, 1.54) is 0 Å². The third-order valence-corrected chi connectivity index (χ3v) is 5.36. The van der Waals surface area contributed by atoms with Crippen molar-refractivity contribution in [2.45, 2.75) is 52.6 Å². The molecule has 0 aliphatic carbocycles. The van der Waals surface area contributed by atoms with Gasteiger partial charge in [0, 0.05) is 25.2 Å². The highest BCUT2D eigenvalue weighted by molar-refractivity contribution is 5.75. The van der Waals surface area contributed by atoms with Crippen molar-refractivity contribution in [1.29, 1.82) is 0 Å². The van der Waals surface area contributed by atoms with Gasteiger partial charge in [-0.05, 0) is 45.7 Å². The second-order valence-electron chi connectivity index (χ2n) is 6.85. The van der Waals surface area contributed by atoms with Gasteiger partial charge < -0.3 is 5.11 Å². The maximum absolute atomic E-state index is 11.6. The Kier molecular flexibility index (Phi) is 4.21. The third kappa shape index (κ3) is 2.65. The number of hydrogen-bond donors (Lipinski definition) is 1. The number of piperidine rings is 1. The van der Waals surface area contributed by atoms with Gasteiger partial charge in [-0.1, -0.05) is 13.8 Å². The summed E-state index contributed by atoms with van der Waals surface area (Å²) in [6.07, 6.45) is 1.61. The summed E-state index contributed by atoms with van der Waals surface area (Å²) < 4.78 is 0. The van der Waals surface area contributed by atoms with Crippen LogP contribution in [0.2, 0.25) is 0 Å². The lowest BCUT2D eigenvalue weighted by atomic mass is 9.70. The van der Waals surface area contributed by atoms with Crippen molar-refractivity contribution in [2.24, 2.45) is 11.3 Å². The van der Waals surface area contributed by atoms with E-state index >= 15 is 0 Å². The summed E-state index contributed by atoms with van der Waals surface area (Å²) in [6, 6.07) is 1.29. The Labute approximate surface area is 116 Å². The molecule has 4 heteroatoms. The van der Waals surface area contributed by atoms with Crippen LogP contribution in [-0.4, -0.2) is 59.1 Å². The van der Waals surface area contributed by atoms with E-state index in [4.69, 9.17) is 0 Å². The summed E-state index contributed by atoms with van der Waals surface area (Å²) >= 11 is 0. The van der Waals surface area contributed by atoms with Gasteiger partial charge >= 0.3 is 5.97 Å². The monoisotopic (exact) mass is 268 g/mol. The van der Waals surface area contributed by atoms with E-state index in [1.54, 1.807) is 0 Å². The summed E-state index contributed by atoms with van der Waals surface area (Å²) in [5.41, 5.74) is -0.488. The fraction of sp³-hybridized carbons (Fsp3) is 0.933. The Bertz CT molecular complexity index is 327. The number of carbonyl (C=O) groups is 1. The quantitative estimate of drug-likeness (QED) is 0.846. The first-order chi connectivity index (χ1) is 8.86. The van der Waals surface area contributed by atoms with Crippen LogP contribution < -0.4 is 0 Å². The molecule has 2 fully saturated rings. The summed E-state index contributed by atoms with van der Waals surface area (Å²) in [5.74, 6) is -0.375. The Morgan fingerprint density at radius 2 is 1.68 bits per heavy atom. The number of likely N-dealkylation sites (tertiary alicyclic amines) is 2. The standard InChI is InChI=1S/C15H28N2O2/c1-11(2)15(14(18)19)5-7-16(8-6-15)13-9-17(10-13)12(3)4/h11-13H,5-10H2,1-4H3,(H,18,19). The lowest BCUT2D eigenvalue weighted by molar-refractivity contribution is -0.157. The second kappa shape index (κ2) is 5.41. The molecule has 0 spiro atoms. The van der Waals surface area contributed by atoms with Crippen molar-refractivity contribution in [1.82, 2.24) is 9.80 Å². The molecule has 2 rings (SSSR count). The second-order valence-corrected chi connectivity index (χ2v) is 6.85. The summed E-state index contributed by atoms with van der Waals surface area (Å²) in [6.45, 7) is 12.8. The normalized spacial score (nSPS) is 25.8. The van der Waals surface area contributed by atoms with Gasteiger partial charge in [-0.2, -0.15) is 0 Å². The molecule has 0 amide bonds. The fourth-order valence-electron chi connectivity index (χ4n) is 3.47. The molecular weight excluding hydrogens is 240 g/mol. The molecule has 0 aromatic heterocycles. The van der Waals surface area contributed by atoms with Crippen molar-refractivity contribution in [2.75, 3.05) is 26.2 Å². The molecule has 0 saturated carbocycles. The zero-order valence-electron chi connectivity index (χ0n) is 12.7. The highest BCUT2D eigenvalue weighted by Crippen LogP contribution is 2.40. The van der Waals surface area contributed by atoms with Gasteiger partial charge in [0.1, 0.15) is 0 Å². The molecule has 2 saturated heterocycles. The highest BCUT2D eigenvalue weighted by Gasteiger charge is 2.46. The smallest absolute Gasteiger partial charge is 0.309 e. The van der Waals surface area contributed by atoms with E-state index in [9.17, 15) is 9.90 Å². The molecule has 0 bridgehead atoms. The van der Waals surface area contributed by atoms with Crippen molar-refractivity contribution in [3.05, 3.63) is 0 Å². The van der Waals surface area contributed by atoms with Crippen LogP contribution in [0.4, 0.5) is 0 Å². The molecule has 2 heterocycles. The minimum atomic E-state index is -0.598. The van der Waals surface area contributed by atoms with Gasteiger partial charge in [0.15, 0.2) is 0 Å². The fourth-order valence-corrected chi connectivity index (χ4v) is 3.47. The molecule has 4 nitrogen and oxygen atoms in total. The van der Waals surface area contributed by atoms with Crippen molar-refractivity contribution < 1.29 is 9.90 Å². The predicted molar refractivity (Wildman–Crippen MR) is 76.2 cm³/mol. The molecule has 0 aromatic rings. The first-order valence-corrected chi connectivity index (χ1v) is 7.58. The van der Waals surface area contributed by atoms with Crippen molar-refractivity contribution in [3.63, 3.8) is 0 Å². The number of aliphatic carboxylic acids is 1. The molecule has 0 unspecified atom stereocenters. The Morgan fingerprint density at radius 1 is 1.16 bits per heavy atom. The number of carboxylic acids is 1. The van der Waals surface area contributed by atoms with Gasteiger partial charge in [0.05, 0.1) is 5.41 Å². The maximum atomic E-state index is 11.6. The topological polar surface area (TPSA) is 43.8 Å². The van der Waals surface area contributed by atoms with E-state index < -0.39 is 11.4 Å². The third-order valence-electron chi connectivity index (χ3n) is 5.36. The van der Waals surface area contributed by atoms with Crippen LogP contribution in [0.3, 0.4) is 0 Å². The molecular formula is C15H28N2O2. The molecule has 0 aromatic carbocycles. The van der Waals surface area contributed by atoms with E-state index in [0.717, 1.165) is 39.0 Å². The van der Waals surface area contributed by atoms with E-state index in [-0.39, 0.29) is 5.92 Å². The summed E-state index contributed by atoms with van der Waals surface area (Å²) in [4.78, 5) is 16.6. The van der Waals surface area contributed by atoms with E-state index in [0.29, 0.717) is 12.1 Å². The summed E-state index contributed by atoms with van der Waals surface area (Å²) in [7, 11) is 0. The van der Waals surface area contributed by atoms with Crippen LogP contribution in [0.5, 0.6) is 0 Å².